The van der Waals surface area contributed by atoms with Crippen molar-refractivity contribution in [3.05, 3.63) is 0 Å². The summed E-state index contributed by atoms with van der Waals surface area (Å²) in [5.74, 6) is 1.58. The van der Waals surface area contributed by atoms with Gasteiger partial charge in [0.2, 0.25) is 0 Å². The first kappa shape index (κ1) is 11.4. The molecule has 3 atom stereocenters. The molecule has 3 unspecified atom stereocenters. The molecular formula is C12H25N3. The van der Waals surface area contributed by atoms with Crippen LogP contribution in [0.25, 0.3) is 0 Å². The summed E-state index contributed by atoms with van der Waals surface area (Å²) >= 11 is 0. The molecule has 0 aromatic heterocycles. The van der Waals surface area contributed by atoms with Crippen molar-refractivity contribution in [1.82, 2.24) is 9.80 Å². The van der Waals surface area contributed by atoms with Gasteiger partial charge in [0.15, 0.2) is 0 Å². The highest BCUT2D eigenvalue weighted by Gasteiger charge is 2.33. The summed E-state index contributed by atoms with van der Waals surface area (Å²) in [6.45, 7) is 8.32. The van der Waals surface area contributed by atoms with Crippen molar-refractivity contribution >= 4 is 0 Å². The molecule has 0 aromatic rings. The van der Waals surface area contributed by atoms with Gasteiger partial charge in [0.25, 0.3) is 0 Å². The third-order valence-electron chi connectivity index (χ3n) is 4.18. The van der Waals surface area contributed by atoms with Gasteiger partial charge in [-0.3, -0.25) is 4.90 Å². The normalized spacial score (nSPS) is 39.8. The minimum atomic E-state index is 0.761. The number of likely N-dealkylation sites (tertiary alicyclic amines) is 2. The summed E-state index contributed by atoms with van der Waals surface area (Å²) in [5, 5.41) is 0. The lowest BCUT2D eigenvalue weighted by atomic mass is 9.93. The van der Waals surface area contributed by atoms with Gasteiger partial charge < -0.3 is 10.6 Å². The van der Waals surface area contributed by atoms with E-state index >= 15 is 0 Å². The fraction of sp³-hybridized carbons (Fsp3) is 1.00. The number of rotatable bonds is 2. The second-order valence-corrected chi connectivity index (χ2v) is 5.48. The molecule has 0 radical (unpaired) electrons. The van der Waals surface area contributed by atoms with Crippen LogP contribution in [-0.2, 0) is 0 Å². The van der Waals surface area contributed by atoms with Crippen LogP contribution < -0.4 is 5.73 Å². The monoisotopic (exact) mass is 211 g/mol. The highest BCUT2D eigenvalue weighted by Crippen LogP contribution is 2.26. The quantitative estimate of drug-likeness (QED) is 0.726. The van der Waals surface area contributed by atoms with E-state index in [4.69, 9.17) is 5.73 Å². The maximum absolute atomic E-state index is 5.75. The van der Waals surface area contributed by atoms with E-state index in [1.165, 1.54) is 39.0 Å². The van der Waals surface area contributed by atoms with Crippen LogP contribution in [0.2, 0.25) is 0 Å². The Bertz CT molecular complexity index is 207. The van der Waals surface area contributed by atoms with Crippen molar-refractivity contribution in [2.45, 2.75) is 25.8 Å². The summed E-state index contributed by atoms with van der Waals surface area (Å²) in [6.07, 6.45) is 2.66. The van der Waals surface area contributed by atoms with Crippen molar-refractivity contribution in [2.24, 2.45) is 17.6 Å². The van der Waals surface area contributed by atoms with Crippen LogP contribution >= 0.6 is 0 Å². The van der Waals surface area contributed by atoms with Gasteiger partial charge in [0, 0.05) is 19.1 Å². The number of hydrogen-bond donors (Lipinski definition) is 1. The van der Waals surface area contributed by atoms with Gasteiger partial charge in [-0.2, -0.15) is 0 Å². The molecule has 2 N–H and O–H groups in total. The van der Waals surface area contributed by atoms with Crippen LogP contribution in [0, 0.1) is 11.8 Å². The van der Waals surface area contributed by atoms with Crippen molar-refractivity contribution in [2.75, 3.05) is 39.8 Å². The molecule has 2 heterocycles. The van der Waals surface area contributed by atoms with E-state index in [2.05, 4.69) is 23.8 Å². The van der Waals surface area contributed by atoms with Crippen LogP contribution in [0.4, 0.5) is 0 Å². The number of nitrogens with zero attached hydrogens (tertiary/aromatic N) is 2. The molecular weight excluding hydrogens is 186 g/mol. The lowest BCUT2D eigenvalue weighted by molar-refractivity contribution is 0.0902. The lowest BCUT2D eigenvalue weighted by Crippen LogP contribution is -2.48. The Labute approximate surface area is 93.6 Å². The summed E-state index contributed by atoms with van der Waals surface area (Å²) in [6, 6.07) is 0.817. The van der Waals surface area contributed by atoms with Crippen molar-refractivity contribution < 1.29 is 0 Å². The van der Waals surface area contributed by atoms with E-state index in [9.17, 15) is 0 Å². The average Bonchev–Trinajstić information content (AvgIpc) is 2.66. The van der Waals surface area contributed by atoms with Crippen molar-refractivity contribution in [1.29, 1.82) is 0 Å². The summed E-state index contributed by atoms with van der Waals surface area (Å²) in [7, 11) is 2.24. The average molecular weight is 211 g/mol. The Kier molecular flexibility index (Phi) is 3.65. The van der Waals surface area contributed by atoms with E-state index < -0.39 is 0 Å². The Morgan fingerprint density at radius 2 is 2.00 bits per heavy atom. The number of nitrogens with two attached hydrogens (primary N) is 1. The fourth-order valence-corrected chi connectivity index (χ4v) is 3.24. The molecule has 0 bridgehead atoms. The second-order valence-electron chi connectivity index (χ2n) is 5.48. The standard InChI is InChI=1S/C12H25N3/c1-10-8-14(2)5-4-12(10)15-6-3-11(7-13)9-15/h10-12H,3-9,13H2,1-2H3. The first-order valence-corrected chi connectivity index (χ1v) is 6.33. The Morgan fingerprint density at radius 3 is 2.60 bits per heavy atom. The number of piperidine rings is 1. The van der Waals surface area contributed by atoms with E-state index in [0.29, 0.717) is 0 Å². The molecule has 0 aliphatic carbocycles. The molecule has 0 aromatic carbocycles. The van der Waals surface area contributed by atoms with Gasteiger partial charge in [-0.1, -0.05) is 6.92 Å². The molecule has 0 spiro atoms. The Morgan fingerprint density at radius 1 is 1.20 bits per heavy atom. The summed E-state index contributed by atoms with van der Waals surface area (Å²) in [5.41, 5.74) is 5.75. The van der Waals surface area contributed by atoms with Gasteiger partial charge in [-0.25, -0.2) is 0 Å². The topological polar surface area (TPSA) is 32.5 Å². The van der Waals surface area contributed by atoms with Crippen LogP contribution in [0.1, 0.15) is 19.8 Å². The van der Waals surface area contributed by atoms with E-state index in [-0.39, 0.29) is 0 Å². The predicted octanol–water partition coefficient (Wildman–Crippen LogP) is 0.607. The third-order valence-corrected chi connectivity index (χ3v) is 4.18. The highest BCUT2D eigenvalue weighted by atomic mass is 15.2. The second kappa shape index (κ2) is 4.81. The Hall–Kier alpha value is -0.120. The Balaban J connectivity index is 1.88. The predicted molar refractivity (Wildman–Crippen MR) is 63.8 cm³/mol. The van der Waals surface area contributed by atoms with Gasteiger partial charge in [-0.05, 0) is 51.4 Å². The molecule has 0 saturated carbocycles. The SMILES string of the molecule is CC1CN(C)CCC1N1CCC(CN)C1. The van der Waals surface area contributed by atoms with E-state index in [1.54, 1.807) is 0 Å². The molecule has 2 aliphatic heterocycles. The van der Waals surface area contributed by atoms with E-state index in [1.807, 2.05) is 0 Å². The van der Waals surface area contributed by atoms with Crippen molar-refractivity contribution in [3.63, 3.8) is 0 Å². The molecule has 2 fully saturated rings. The zero-order valence-corrected chi connectivity index (χ0v) is 10.2. The maximum Gasteiger partial charge on any atom is 0.0145 e. The minimum Gasteiger partial charge on any atom is -0.330 e. The maximum atomic E-state index is 5.75. The zero-order chi connectivity index (χ0) is 10.8. The van der Waals surface area contributed by atoms with Gasteiger partial charge in [0.1, 0.15) is 0 Å². The van der Waals surface area contributed by atoms with E-state index in [0.717, 1.165) is 24.4 Å². The first-order valence-electron chi connectivity index (χ1n) is 6.33. The van der Waals surface area contributed by atoms with Crippen molar-refractivity contribution in [3.8, 4) is 0 Å². The zero-order valence-electron chi connectivity index (χ0n) is 10.2. The molecule has 0 amide bonds. The lowest BCUT2D eigenvalue weighted by Gasteiger charge is -2.40. The number of hydrogen-bond acceptors (Lipinski definition) is 3. The minimum absolute atomic E-state index is 0.761. The third kappa shape index (κ3) is 2.52. The van der Waals surface area contributed by atoms with Crippen LogP contribution in [-0.4, -0.2) is 55.6 Å². The largest absolute Gasteiger partial charge is 0.330 e. The molecule has 2 aliphatic rings. The van der Waals surface area contributed by atoms with Crippen LogP contribution in [0.15, 0.2) is 0 Å². The smallest absolute Gasteiger partial charge is 0.0145 e. The van der Waals surface area contributed by atoms with Crippen LogP contribution in [0.5, 0.6) is 0 Å². The summed E-state index contributed by atoms with van der Waals surface area (Å²) in [4.78, 5) is 5.15. The molecule has 88 valence electrons. The molecule has 3 heteroatoms. The van der Waals surface area contributed by atoms with Gasteiger partial charge in [0.05, 0.1) is 0 Å². The van der Waals surface area contributed by atoms with Crippen LogP contribution in [0.3, 0.4) is 0 Å². The van der Waals surface area contributed by atoms with Gasteiger partial charge in [-0.15, -0.1) is 0 Å². The molecule has 3 nitrogen and oxygen atoms in total. The summed E-state index contributed by atoms with van der Waals surface area (Å²) < 4.78 is 0. The molecule has 15 heavy (non-hydrogen) atoms. The highest BCUT2D eigenvalue weighted by molar-refractivity contribution is 4.88. The van der Waals surface area contributed by atoms with Gasteiger partial charge >= 0.3 is 0 Å². The fourth-order valence-electron chi connectivity index (χ4n) is 3.24. The molecule has 2 saturated heterocycles. The first-order chi connectivity index (χ1) is 7.20. The molecule has 2 rings (SSSR count).